The van der Waals surface area contributed by atoms with Crippen LogP contribution in [0.2, 0.25) is 0 Å². The van der Waals surface area contributed by atoms with Gasteiger partial charge < -0.3 is 5.32 Å². The predicted octanol–water partition coefficient (Wildman–Crippen LogP) is 0.803. The van der Waals surface area contributed by atoms with E-state index in [0.29, 0.717) is 25.9 Å². The van der Waals surface area contributed by atoms with Crippen LogP contribution in [0.5, 0.6) is 0 Å². The second-order valence-corrected chi connectivity index (χ2v) is 3.05. The van der Waals surface area contributed by atoms with E-state index in [4.69, 9.17) is 0 Å². The lowest BCUT2D eigenvalue weighted by Crippen LogP contribution is -2.25. The average molecular weight is 205 g/mol. The van der Waals surface area contributed by atoms with Crippen LogP contribution in [0.15, 0.2) is 18.5 Å². The molecule has 0 unspecified atom stereocenters. The van der Waals surface area contributed by atoms with Gasteiger partial charge in [0.15, 0.2) is 0 Å². The van der Waals surface area contributed by atoms with Crippen LogP contribution in [-0.2, 0) is 11.3 Å². The quantitative estimate of drug-likeness (QED) is 0.571. The number of carbonyl (C=O) groups is 1. The van der Waals surface area contributed by atoms with Crippen molar-refractivity contribution in [2.45, 2.75) is 26.3 Å². The summed E-state index contributed by atoms with van der Waals surface area (Å²) in [6, 6.07) is 1.84. The molecule has 0 aliphatic carbocycles. The summed E-state index contributed by atoms with van der Waals surface area (Å²) in [6.45, 7) is 3.04. The van der Waals surface area contributed by atoms with E-state index >= 15 is 0 Å². The maximum absolute atomic E-state index is 11.3. The van der Waals surface area contributed by atoms with Crippen LogP contribution >= 0.6 is 0 Å². The number of nitrogens with zero attached hydrogens (tertiary/aromatic N) is 2. The molecule has 0 saturated carbocycles. The highest BCUT2D eigenvalue weighted by Crippen LogP contribution is 1.89. The third-order valence-corrected chi connectivity index (χ3v) is 1.88. The van der Waals surface area contributed by atoms with Gasteiger partial charge in [-0.1, -0.05) is 0 Å². The highest BCUT2D eigenvalue weighted by atomic mass is 16.1. The fourth-order valence-electron chi connectivity index (χ4n) is 1.13. The molecule has 0 aliphatic heterocycles. The zero-order valence-electron chi connectivity index (χ0n) is 8.86. The minimum atomic E-state index is 0.0448. The summed E-state index contributed by atoms with van der Waals surface area (Å²) in [7, 11) is 0. The number of hydrogen-bond acceptors (Lipinski definition) is 2. The van der Waals surface area contributed by atoms with Gasteiger partial charge in [-0.15, -0.1) is 11.8 Å². The Labute approximate surface area is 89.7 Å². The first-order chi connectivity index (χ1) is 7.33. The summed E-state index contributed by atoms with van der Waals surface area (Å²) in [6.07, 6.45) is 4.72. The summed E-state index contributed by atoms with van der Waals surface area (Å²) >= 11 is 0. The van der Waals surface area contributed by atoms with Crippen molar-refractivity contribution in [3.8, 4) is 11.8 Å². The fraction of sp³-hybridized carbons (Fsp3) is 0.455. The molecule has 0 aromatic carbocycles. The van der Waals surface area contributed by atoms with Gasteiger partial charge in [0.2, 0.25) is 5.91 Å². The molecule has 1 heterocycles. The van der Waals surface area contributed by atoms with Crippen LogP contribution in [0, 0.1) is 11.8 Å². The Bertz CT molecular complexity index is 346. The molecule has 1 amide bonds. The Morgan fingerprint density at radius 3 is 3.13 bits per heavy atom. The van der Waals surface area contributed by atoms with Crippen molar-refractivity contribution in [3.63, 3.8) is 0 Å². The highest BCUT2D eigenvalue weighted by Gasteiger charge is 2.00. The van der Waals surface area contributed by atoms with E-state index in [9.17, 15) is 4.79 Å². The summed E-state index contributed by atoms with van der Waals surface area (Å²) in [5.41, 5.74) is 0. The van der Waals surface area contributed by atoms with Crippen LogP contribution in [0.1, 0.15) is 19.8 Å². The number of carbonyl (C=O) groups excluding carboxylic acids is 1. The maximum Gasteiger partial charge on any atom is 0.221 e. The SMILES string of the molecule is CC#CCCNC(=O)CCn1cccn1. The van der Waals surface area contributed by atoms with Gasteiger partial charge in [0.1, 0.15) is 0 Å². The summed E-state index contributed by atoms with van der Waals surface area (Å²) in [5.74, 6) is 5.72. The van der Waals surface area contributed by atoms with Crippen LogP contribution in [0.4, 0.5) is 0 Å². The molecule has 0 fully saturated rings. The van der Waals surface area contributed by atoms with Gasteiger partial charge in [0, 0.05) is 38.3 Å². The molecule has 0 spiro atoms. The summed E-state index contributed by atoms with van der Waals surface area (Å²) < 4.78 is 1.74. The van der Waals surface area contributed by atoms with Gasteiger partial charge in [-0.05, 0) is 13.0 Å². The van der Waals surface area contributed by atoms with Gasteiger partial charge >= 0.3 is 0 Å². The van der Waals surface area contributed by atoms with Gasteiger partial charge in [0.25, 0.3) is 0 Å². The van der Waals surface area contributed by atoms with E-state index in [1.54, 1.807) is 17.8 Å². The minimum Gasteiger partial charge on any atom is -0.355 e. The molecule has 1 N–H and O–H groups in total. The summed E-state index contributed by atoms with van der Waals surface area (Å²) in [5, 5.41) is 6.81. The molecular formula is C11H15N3O. The second-order valence-electron chi connectivity index (χ2n) is 3.05. The predicted molar refractivity (Wildman–Crippen MR) is 57.9 cm³/mol. The normalized spacial score (nSPS) is 9.13. The molecule has 0 aliphatic rings. The molecule has 0 saturated heterocycles. The van der Waals surface area contributed by atoms with Gasteiger partial charge in [0.05, 0.1) is 0 Å². The van der Waals surface area contributed by atoms with Crippen molar-refractivity contribution in [2.24, 2.45) is 0 Å². The topological polar surface area (TPSA) is 46.9 Å². The second kappa shape index (κ2) is 6.66. The average Bonchev–Trinajstić information content (AvgIpc) is 2.74. The first kappa shape index (κ1) is 11.3. The molecule has 0 atom stereocenters. The van der Waals surface area contributed by atoms with Crippen molar-refractivity contribution in [1.82, 2.24) is 15.1 Å². The molecule has 1 aromatic heterocycles. The van der Waals surface area contributed by atoms with Crippen LogP contribution < -0.4 is 5.32 Å². The standard InChI is InChI=1S/C11H15N3O/c1-2-3-4-7-12-11(15)6-10-14-9-5-8-13-14/h5,8-9H,4,6-7,10H2,1H3,(H,12,15). The first-order valence-electron chi connectivity index (χ1n) is 4.96. The lowest BCUT2D eigenvalue weighted by atomic mass is 10.3. The van der Waals surface area contributed by atoms with E-state index in [0.717, 1.165) is 0 Å². The molecule has 1 rings (SSSR count). The smallest absolute Gasteiger partial charge is 0.221 e. The molecular weight excluding hydrogens is 190 g/mol. The van der Waals surface area contributed by atoms with E-state index in [-0.39, 0.29) is 5.91 Å². The maximum atomic E-state index is 11.3. The third kappa shape index (κ3) is 4.87. The molecule has 15 heavy (non-hydrogen) atoms. The lowest BCUT2D eigenvalue weighted by Gasteiger charge is -2.02. The summed E-state index contributed by atoms with van der Waals surface area (Å²) in [4.78, 5) is 11.3. The number of nitrogens with one attached hydrogen (secondary N) is 1. The fourth-order valence-corrected chi connectivity index (χ4v) is 1.13. The van der Waals surface area contributed by atoms with E-state index < -0.39 is 0 Å². The van der Waals surface area contributed by atoms with Crippen LogP contribution in [-0.4, -0.2) is 22.2 Å². The van der Waals surface area contributed by atoms with Crippen molar-refractivity contribution in [2.75, 3.05) is 6.54 Å². The molecule has 80 valence electrons. The third-order valence-electron chi connectivity index (χ3n) is 1.88. The van der Waals surface area contributed by atoms with Crippen molar-refractivity contribution in [3.05, 3.63) is 18.5 Å². The van der Waals surface area contributed by atoms with E-state index in [1.807, 2.05) is 12.3 Å². The Morgan fingerprint density at radius 1 is 1.60 bits per heavy atom. The number of hydrogen-bond donors (Lipinski definition) is 1. The number of aromatic nitrogens is 2. The van der Waals surface area contributed by atoms with Gasteiger partial charge in [-0.2, -0.15) is 5.10 Å². The Hall–Kier alpha value is -1.76. The van der Waals surface area contributed by atoms with Crippen molar-refractivity contribution >= 4 is 5.91 Å². The van der Waals surface area contributed by atoms with E-state index in [1.165, 1.54) is 0 Å². The monoisotopic (exact) mass is 205 g/mol. The van der Waals surface area contributed by atoms with Crippen molar-refractivity contribution in [1.29, 1.82) is 0 Å². The molecule has 0 radical (unpaired) electrons. The van der Waals surface area contributed by atoms with Gasteiger partial charge in [-0.25, -0.2) is 0 Å². The Morgan fingerprint density at radius 2 is 2.47 bits per heavy atom. The molecule has 4 heteroatoms. The zero-order valence-corrected chi connectivity index (χ0v) is 8.86. The minimum absolute atomic E-state index is 0.0448. The lowest BCUT2D eigenvalue weighted by molar-refractivity contribution is -0.121. The molecule has 0 bridgehead atoms. The Kier molecular flexibility index (Phi) is 5.02. The van der Waals surface area contributed by atoms with Crippen LogP contribution in [0.3, 0.4) is 0 Å². The van der Waals surface area contributed by atoms with E-state index in [2.05, 4.69) is 22.3 Å². The highest BCUT2D eigenvalue weighted by molar-refractivity contribution is 5.75. The van der Waals surface area contributed by atoms with Crippen molar-refractivity contribution < 1.29 is 4.79 Å². The zero-order chi connectivity index (χ0) is 10.9. The number of rotatable bonds is 5. The van der Waals surface area contributed by atoms with Gasteiger partial charge in [-0.3, -0.25) is 9.48 Å². The number of amides is 1. The first-order valence-corrected chi connectivity index (χ1v) is 4.96. The number of aryl methyl sites for hydroxylation is 1. The molecule has 4 nitrogen and oxygen atoms in total. The largest absolute Gasteiger partial charge is 0.355 e. The van der Waals surface area contributed by atoms with Crippen LogP contribution in [0.25, 0.3) is 0 Å². The molecule has 1 aromatic rings. The Balaban J connectivity index is 2.10.